The molecule has 1 aromatic carbocycles. The van der Waals surface area contributed by atoms with Gasteiger partial charge in [0.2, 0.25) is 0 Å². The van der Waals surface area contributed by atoms with Crippen LogP contribution in [0.5, 0.6) is 0 Å². The standard InChI is InChI=1S/C21H22ClN7/c1-26-14-17(12-25-26)19-13-24-21-20(23-6-7-29(19)21)28-10-8-27(9-11-28)15-16-4-2-3-5-18(16)22/h2-7,12-14H,8-11,15H2,1H3. The monoisotopic (exact) mass is 407 g/mol. The molecule has 4 aromatic rings. The molecular weight excluding hydrogens is 386 g/mol. The van der Waals surface area contributed by atoms with Crippen molar-refractivity contribution in [3.8, 4) is 11.3 Å². The molecule has 4 heterocycles. The highest BCUT2D eigenvalue weighted by Crippen LogP contribution is 2.26. The molecule has 0 bridgehead atoms. The molecule has 1 aliphatic heterocycles. The van der Waals surface area contributed by atoms with Gasteiger partial charge in [-0.25, -0.2) is 9.97 Å². The van der Waals surface area contributed by atoms with E-state index in [-0.39, 0.29) is 0 Å². The Balaban J connectivity index is 1.34. The molecule has 29 heavy (non-hydrogen) atoms. The first-order chi connectivity index (χ1) is 14.2. The molecule has 0 saturated carbocycles. The molecule has 0 aliphatic carbocycles. The lowest BCUT2D eigenvalue weighted by Crippen LogP contribution is -2.46. The molecule has 0 spiro atoms. The molecule has 0 atom stereocenters. The fraction of sp³-hybridized carbons (Fsp3) is 0.286. The second-order valence-electron chi connectivity index (χ2n) is 7.35. The summed E-state index contributed by atoms with van der Waals surface area (Å²) in [5, 5.41) is 5.11. The van der Waals surface area contributed by atoms with Gasteiger partial charge in [-0.05, 0) is 11.6 Å². The first-order valence-electron chi connectivity index (χ1n) is 9.71. The number of aryl methyl sites for hydroxylation is 1. The van der Waals surface area contributed by atoms with E-state index in [9.17, 15) is 0 Å². The highest BCUT2D eigenvalue weighted by Gasteiger charge is 2.22. The molecule has 5 rings (SSSR count). The fourth-order valence-corrected chi connectivity index (χ4v) is 4.08. The van der Waals surface area contributed by atoms with E-state index in [2.05, 4.69) is 35.3 Å². The Kier molecular flexibility index (Phi) is 4.69. The highest BCUT2D eigenvalue weighted by molar-refractivity contribution is 6.31. The van der Waals surface area contributed by atoms with E-state index in [1.165, 1.54) is 5.56 Å². The van der Waals surface area contributed by atoms with Crippen molar-refractivity contribution in [2.24, 2.45) is 7.05 Å². The van der Waals surface area contributed by atoms with Gasteiger partial charge in [0, 0.05) is 68.9 Å². The molecule has 3 aromatic heterocycles. The zero-order chi connectivity index (χ0) is 19.8. The Bertz CT molecular complexity index is 1140. The number of hydrogen-bond acceptors (Lipinski definition) is 5. The minimum atomic E-state index is 0.835. The van der Waals surface area contributed by atoms with Crippen LogP contribution in [0, 0.1) is 0 Å². The third kappa shape index (κ3) is 3.47. The summed E-state index contributed by atoms with van der Waals surface area (Å²) < 4.78 is 3.89. The lowest BCUT2D eigenvalue weighted by atomic mass is 10.2. The maximum absolute atomic E-state index is 6.32. The summed E-state index contributed by atoms with van der Waals surface area (Å²) in [6.45, 7) is 4.62. The lowest BCUT2D eigenvalue weighted by Gasteiger charge is -2.35. The molecule has 148 valence electrons. The summed E-state index contributed by atoms with van der Waals surface area (Å²) in [7, 11) is 1.92. The first kappa shape index (κ1) is 18.1. The summed E-state index contributed by atoms with van der Waals surface area (Å²) in [6, 6.07) is 8.07. The van der Waals surface area contributed by atoms with Crippen molar-refractivity contribution in [3.63, 3.8) is 0 Å². The van der Waals surface area contributed by atoms with Gasteiger partial charge in [0.25, 0.3) is 0 Å². The topological polar surface area (TPSA) is 54.5 Å². The van der Waals surface area contributed by atoms with Crippen molar-refractivity contribution in [3.05, 3.63) is 65.8 Å². The van der Waals surface area contributed by atoms with Gasteiger partial charge in [-0.2, -0.15) is 5.10 Å². The molecule has 1 aliphatic rings. The smallest absolute Gasteiger partial charge is 0.180 e. The Labute approximate surface area is 174 Å². The Hall–Kier alpha value is -2.90. The van der Waals surface area contributed by atoms with E-state index in [0.29, 0.717) is 0 Å². The normalized spacial score (nSPS) is 15.3. The summed E-state index contributed by atoms with van der Waals surface area (Å²) in [6.07, 6.45) is 9.56. The summed E-state index contributed by atoms with van der Waals surface area (Å²) >= 11 is 6.32. The van der Waals surface area contributed by atoms with Crippen molar-refractivity contribution in [1.82, 2.24) is 29.0 Å². The SMILES string of the molecule is Cn1cc(-c2cnc3c(N4CCN(Cc5ccccc5Cl)CC4)nccn23)cn1. The molecule has 1 saturated heterocycles. The van der Waals surface area contributed by atoms with Gasteiger partial charge in [0.1, 0.15) is 0 Å². The van der Waals surface area contributed by atoms with Gasteiger partial charge in [0.15, 0.2) is 11.5 Å². The van der Waals surface area contributed by atoms with E-state index >= 15 is 0 Å². The lowest BCUT2D eigenvalue weighted by molar-refractivity contribution is 0.249. The maximum atomic E-state index is 6.32. The zero-order valence-electron chi connectivity index (χ0n) is 16.2. The molecule has 0 radical (unpaired) electrons. The predicted octanol–water partition coefficient (Wildman–Crippen LogP) is 3.11. The van der Waals surface area contributed by atoms with Crippen LogP contribution in [0.4, 0.5) is 5.82 Å². The van der Waals surface area contributed by atoms with Crippen LogP contribution in [0.2, 0.25) is 5.02 Å². The van der Waals surface area contributed by atoms with Crippen LogP contribution in [0.25, 0.3) is 16.9 Å². The molecule has 7 nitrogen and oxygen atoms in total. The predicted molar refractivity (Wildman–Crippen MR) is 114 cm³/mol. The zero-order valence-corrected chi connectivity index (χ0v) is 17.0. The largest absolute Gasteiger partial charge is 0.351 e. The quantitative estimate of drug-likeness (QED) is 0.520. The van der Waals surface area contributed by atoms with E-state index < -0.39 is 0 Å². The molecule has 0 amide bonds. The van der Waals surface area contributed by atoms with Crippen LogP contribution in [0.3, 0.4) is 0 Å². The van der Waals surface area contributed by atoms with Crippen molar-refractivity contribution >= 4 is 23.1 Å². The van der Waals surface area contributed by atoms with Gasteiger partial charge in [-0.3, -0.25) is 14.0 Å². The molecule has 0 unspecified atom stereocenters. The Morgan fingerprint density at radius 1 is 1.03 bits per heavy atom. The number of halogens is 1. The number of hydrogen-bond donors (Lipinski definition) is 0. The fourth-order valence-electron chi connectivity index (χ4n) is 3.88. The average molecular weight is 408 g/mol. The highest BCUT2D eigenvalue weighted by atomic mass is 35.5. The van der Waals surface area contributed by atoms with Gasteiger partial charge in [-0.15, -0.1) is 0 Å². The van der Waals surface area contributed by atoms with Crippen molar-refractivity contribution in [1.29, 1.82) is 0 Å². The van der Waals surface area contributed by atoms with E-state index in [1.54, 1.807) is 4.68 Å². The van der Waals surface area contributed by atoms with Gasteiger partial charge in [0.05, 0.1) is 18.1 Å². The number of imidazole rings is 1. The summed E-state index contributed by atoms with van der Waals surface area (Å²) in [5.74, 6) is 0.931. The molecule has 1 fully saturated rings. The van der Waals surface area contributed by atoms with Crippen LogP contribution < -0.4 is 4.90 Å². The second kappa shape index (κ2) is 7.50. The third-order valence-corrected chi connectivity index (χ3v) is 5.80. The van der Waals surface area contributed by atoms with E-state index in [4.69, 9.17) is 11.6 Å². The van der Waals surface area contributed by atoms with Crippen LogP contribution in [0.1, 0.15) is 5.56 Å². The number of piperazine rings is 1. The van der Waals surface area contributed by atoms with E-state index in [1.807, 2.05) is 56.2 Å². The Morgan fingerprint density at radius 3 is 2.62 bits per heavy atom. The number of nitrogens with zero attached hydrogens (tertiary/aromatic N) is 7. The van der Waals surface area contributed by atoms with Gasteiger partial charge < -0.3 is 4.90 Å². The molecule has 0 N–H and O–H groups in total. The van der Waals surface area contributed by atoms with Crippen molar-refractivity contribution < 1.29 is 0 Å². The van der Waals surface area contributed by atoms with Crippen LogP contribution in [0.15, 0.2) is 55.2 Å². The van der Waals surface area contributed by atoms with Gasteiger partial charge in [-0.1, -0.05) is 29.8 Å². The van der Waals surface area contributed by atoms with Crippen molar-refractivity contribution in [2.75, 3.05) is 31.1 Å². The average Bonchev–Trinajstić information content (AvgIpc) is 3.36. The number of fused-ring (bicyclic) bond motifs is 1. The number of rotatable bonds is 4. The molecule has 8 heteroatoms. The summed E-state index contributed by atoms with van der Waals surface area (Å²) in [4.78, 5) is 14.1. The maximum Gasteiger partial charge on any atom is 0.180 e. The third-order valence-electron chi connectivity index (χ3n) is 5.43. The van der Waals surface area contributed by atoms with Gasteiger partial charge >= 0.3 is 0 Å². The van der Waals surface area contributed by atoms with Crippen LogP contribution >= 0.6 is 11.6 Å². The van der Waals surface area contributed by atoms with Crippen LogP contribution in [-0.4, -0.2) is 55.2 Å². The van der Waals surface area contributed by atoms with Crippen molar-refractivity contribution in [2.45, 2.75) is 6.54 Å². The first-order valence-corrected chi connectivity index (χ1v) is 10.1. The van der Waals surface area contributed by atoms with Crippen LogP contribution in [-0.2, 0) is 13.6 Å². The summed E-state index contributed by atoms with van der Waals surface area (Å²) in [5.41, 5.74) is 4.12. The van der Waals surface area contributed by atoms with E-state index in [0.717, 1.165) is 60.5 Å². The molecular formula is C21H22ClN7. The number of anilines is 1. The number of benzene rings is 1. The Morgan fingerprint density at radius 2 is 1.86 bits per heavy atom. The minimum Gasteiger partial charge on any atom is -0.351 e. The number of aromatic nitrogens is 5. The minimum absolute atomic E-state index is 0.835. The second-order valence-corrected chi connectivity index (χ2v) is 7.75.